The molecule has 3 heteroatoms. The molecule has 0 atom stereocenters. The van der Waals surface area contributed by atoms with Gasteiger partial charge in [0.2, 0.25) is 0 Å². The average molecular weight is 240 g/mol. The number of aromatic nitrogens is 1. The van der Waals surface area contributed by atoms with Gasteiger partial charge in [-0.05, 0) is 34.5 Å². The van der Waals surface area contributed by atoms with Gasteiger partial charge in [-0.25, -0.2) is 0 Å². The number of aryl methyl sites for hydroxylation is 1. The molecule has 0 radical (unpaired) electrons. The molecule has 1 N–H and O–H groups in total. The zero-order valence-corrected chi connectivity index (χ0v) is 9.10. The summed E-state index contributed by atoms with van der Waals surface area (Å²) in [5.74, 6) is 0.881. The fourth-order valence-corrected chi connectivity index (χ4v) is 2.14. The van der Waals surface area contributed by atoms with Crippen molar-refractivity contribution in [1.82, 2.24) is 4.98 Å². The second-order valence-electron chi connectivity index (χ2n) is 2.97. The van der Waals surface area contributed by atoms with E-state index in [4.69, 9.17) is 4.74 Å². The van der Waals surface area contributed by atoms with Crippen molar-refractivity contribution in [2.75, 3.05) is 7.11 Å². The van der Waals surface area contributed by atoms with E-state index < -0.39 is 0 Å². The Morgan fingerprint density at radius 1 is 1.38 bits per heavy atom. The summed E-state index contributed by atoms with van der Waals surface area (Å²) in [4.78, 5) is 3.18. The first-order valence-corrected chi connectivity index (χ1v) is 4.83. The number of aromatic amines is 1. The van der Waals surface area contributed by atoms with Gasteiger partial charge in [-0.2, -0.15) is 0 Å². The Morgan fingerprint density at radius 3 is 2.85 bits per heavy atom. The highest BCUT2D eigenvalue weighted by Crippen LogP contribution is 2.32. The molecule has 0 aliphatic heterocycles. The van der Waals surface area contributed by atoms with Gasteiger partial charge in [-0.1, -0.05) is 6.07 Å². The lowest BCUT2D eigenvalue weighted by Crippen LogP contribution is -1.85. The highest BCUT2D eigenvalue weighted by Gasteiger charge is 2.08. The van der Waals surface area contributed by atoms with Crippen LogP contribution in [0.25, 0.3) is 10.9 Å². The first-order valence-electron chi connectivity index (χ1n) is 4.04. The number of methoxy groups -OCH3 is 1. The van der Waals surface area contributed by atoms with Crippen LogP contribution < -0.4 is 4.74 Å². The number of hydrogen-bond acceptors (Lipinski definition) is 1. The van der Waals surface area contributed by atoms with Crippen molar-refractivity contribution in [3.8, 4) is 5.75 Å². The van der Waals surface area contributed by atoms with Crippen LogP contribution in [0.5, 0.6) is 5.75 Å². The number of nitrogens with one attached hydrogen (secondary N) is 1. The van der Waals surface area contributed by atoms with Gasteiger partial charge in [-0.15, -0.1) is 0 Å². The van der Waals surface area contributed by atoms with Gasteiger partial charge in [-0.3, -0.25) is 0 Å². The third-order valence-electron chi connectivity index (χ3n) is 2.18. The fourth-order valence-electron chi connectivity index (χ4n) is 1.52. The zero-order valence-electron chi connectivity index (χ0n) is 7.52. The minimum absolute atomic E-state index is 0.881. The van der Waals surface area contributed by atoms with Gasteiger partial charge >= 0.3 is 0 Å². The first kappa shape index (κ1) is 8.63. The molecule has 0 saturated carbocycles. The van der Waals surface area contributed by atoms with E-state index in [1.807, 2.05) is 12.3 Å². The molecule has 1 aromatic heterocycles. The van der Waals surface area contributed by atoms with Crippen LogP contribution in [0.2, 0.25) is 0 Å². The molecular weight excluding hydrogens is 230 g/mol. The normalized spacial score (nSPS) is 10.7. The summed E-state index contributed by atoms with van der Waals surface area (Å²) in [6, 6.07) is 4.03. The monoisotopic (exact) mass is 239 g/mol. The fraction of sp³-hybridized carbons (Fsp3) is 0.200. The summed E-state index contributed by atoms with van der Waals surface area (Å²) in [5, 5.41) is 1.19. The van der Waals surface area contributed by atoms with Crippen molar-refractivity contribution in [2.24, 2.45) is 0 Å². The SMILES string of the molecule is COc1ccc(C)c2c(Br)c[nH]c12. The van der Waals surface area contributed by atoms with Crippen molar-refractivity contribution in [1.29, 1.82) is 0 Å². The summed E-state index contributed by atoms with van der Waals surface area (Å²) in [6.07, 6.45) is 1.93. The highest BCUT2D eigenvalue weighted by atomic mass is 79.9. The molecule has 0 fully saturated rings. The minimum atomic E-state index is 0.881. The summed E-state index contributed by atoms with van der Waals surface area (Å²) in [5.41, 5.74) is 2.29. The largest absolute Gasteiger partial charge is 0.495 e. The van der Waals surface area contributed by atoms with Crippen molar-refractivity contribution in [3.63, 3.8) is 0 Å². The topological polar surface area (TPSA) is 25.0 Å². The number of benzene rings is 1. The van der Waals surface area contributed by atoms with E-state index in [0.29, 0.717) is 0 Å². The van der Waals surface area contributed by atoms with Gasteiger partial charge in [0.05, 0.1) is 12.6 Å². The average Bonchev–Trinajstić information content (AvgIpc) is 2.50. The van der Waals surface area contributed by atoms with Crippen molar-refractivity contribution >= 4 is 26.8 Å². The van der Waals surface area contributed by atoms with Crippen LogP contribution in [0.15, 0.2) is 22.8 Å². The third-order valence-corrected chi connectivity index (χ3v) is 2.80. The Morgan fingerprint density at radius 2 is 2.15 bits per heavy atom. The molecule has 1 heterocycles. The third kappa shape index (κ3) is 1.23. The van der Waals surface area contributed by atoms with Gasteiger partial charge in [0.1, 0.15) is 5.75 Å². The highest BCUT2D eigenvalue weighted by molar-refractivity contribution is 9.10. The van der Waals surface area contributed by atoms with Crippen molar-refractivity contribution in [3.05, 3.63) is 28.4 Å². The summed E-state index contributed by atoms with van der Waals surface area (Å²) in [7, 11) is 1.68. The molecule has 0 saturated heterocycles. The van der Waals surface area contributed by atoms with Crippen molar-refractivity contribution < 1.29 is 4.74 Å². The predicted molar refractivity (Wildman–Crippen MR) is 57.3 cm³/mol. The second kappa shape index (κ2) is 3.07. The van der Waals surface area contributed by atoms with E-state index in [9.17, 15) is 0 Å². The van der Waals surface area contributed by atoms with E-state index in [1.54, 1.807) is 7.11 Å². The van der Waals surface area contributed by atoms with E-state index in [0.717, 1.165) is 15.7 Å². The Hall–Kier alpha value is -0.960. The number of ether oxygens (including phenoxy) is 1. The molecule has 2 nitrogen and oxygen atoms in total. The summed E-state index contributed by atoms with van der Waals surface area (Å²) < 4.78 is 6.33. The Balaban J connectivity index is 2.87. The molecule has 13 heavy (non-hydrogen) atoms. The van der Waals surface area contributed by atoms with Crippen molar-refractivity contribution in [2.45, 2.75) is 6.92 Å². The zero-order chi connectivity index (χ0) is 9.42. The van der Waals surface area contributed by atoms with Crippen LogP contribution >= 0.6 is 15.9 Å². The molecule has 2 aromatic rings. The molecule has 0 spiro atoms. The quantitative estimate of drug-likeness (QED) is 0.813. The van der Waals surface area contributed by atoms with Gasteiger partial charge in [0, 0.05) is 16.1 Å². The van der Waals surface area contributed by atoms with Crippen LogP contribution in [0.4, 0.5) is 0 Å². The smallest absolute Gasteiger partial charge is 0.142 e. The van der Waals surface area contributed by atoms with E-state index in [2.05, 4.69) is 33.9 Å². The molecule has 68 valence electrons. The maximum absolute atomic E-state index is 5.24. The second-order valence-corrected chi connectivity index (χ2v) is 3.83. The number of rotatable bonds is 1. The predicted octanol–water partition coefficient (Wildman–Crippen LogP) is 3.25. The molecule has 0 bridgehead atoms. The summed E-state index contributed by atoms with van der Waals surface area (Å²) in [6.45, 7) is 2.08. The van der Waals surface area contributed by atoms with Crippen LogP contribution in [0.1, 0.15) is 5.56 Å². The molecule has 0 aliphatic rings. The maximum Gasteiger partial charge on any atom is 0.142 e. The van der Waals surface area contributed by atoms with E-state index in [1.165, 1.54) is 10.9 Å². The lowest BCUT2D eigenvalue weighted by atomic mass is 10.1. The number of H-pyrrole nitrogens is 1. The van der Waals surface area contributed by atoms with Gasteiger partial charge in [0.25, 0.3) is 0 Å². The molecule has 0 aliphatic carbocycles. The number of fused-ring (bicyclic) bond motifs is 1. The maximum atomic E-state index is 5.24. The van der Waals surface area contributed by atoms with Crippen LogP contribution in [-0.2, 0) is 0 Å². The van der Waals surface area contributed by atoms with Crippen LogP contribution in [-0.4, -0.2) is 12.1 Å². The molecule has 1 aromatic carbocycles. The number of hydrogen-bond donors (Lipinski definition) is 1. The van der Waals surface area contributed by atoms with E-state index in [-0.39, 0.29) is 0 Å². The van der Waals surface area contributed by atoms with E-state index >= 15 is 0 Å². The van der Waals surface area contributed by atoms with Gasteiger partial charge < -0.3 is 9.72 Å². The molecule has 0 amide bonds. The number of halogens is 1. The summed E-state index contributed by atoms with van der Waals surface area (Å²) >= 11 is 3.49. The lowest BCUT2D eigenvalue weighted by Gasteiger charge is -2.03. The lowest BCUT2D eigenvalue weighted by molar-refractivity contribution is 0.419. The van der Waals surface area contributed by atoms with Crippen LogP contribution in [0, 0.1) is 6.92 Å². The van der Waals surface area contributed by atoms with Gasteiger partial charge in [0.15, 0.2) is 0 Å². The molecular formula is C10H10BrNO. The Labute approximate surface area is 85.0 Å². The Kier molecular flexibility index (Phi) is 2.04. The molecule has 0 unspecified atom stereocenters. The standard InChI is InChI=1S/C10H10BrNO/c1-6-3-4-8(13-2)10-9(6)7(11)5-12-10/h3-5,12H,1-2H3. The Bertz CT molecular complexity index is 447. The molecule has 2 rings (SSSR count). The minimum Gasteiger partial charge on any atom is -0.495 e. The van der Waals surface area contributed by atoms with Crippen LogP contribution in [0.3, 0.4) is 0 Å². The first-order chi connectivity index (χ1) is 6.24.